The number of urea groups is 1. The Kier molecular flexibility index (Phi) is 4.19. The molecule has 1 aliphatic heterocycles. The van der Waals surface area contributed by atoms with Crippen molar-refractivity contribution in [3.63, 3.8) is 0 Å². The van der Waals surface area contributed by atoms with E-state index in [1.54, 1.807) is 29.2 Å². The van der Waals surface area contributed by atoms with Gasteiger partial charge in [-0.2, -0.15) is 0 Å². The zero-order valence-corrected chi connectivity index (χ0v) is 12.2. The number of benzene rings is 1. The summed E-state index contributed by atoms with van der Waals surface area (Å²) in [4.78, 5) is 26.1. The first kappa shape index (κ1) is 14.3. The first-order valence-corrected chi connectivity index (χ1v) is 7.41. The minimum atomic E-state index is -0.366. The minimum Gasteiger partial charge on any atom is -0.320 e. The fourth-order valence-corrected chi connectivity index (χ4v) is 2.74. The number of hydrogen-bond acceptors (Lipinski definition) is 2. The molecule has 1 aromatic carbocycles. The van der Waals surface area contributed by atoms with Gasteiger partial charge in [0.25, 0.3) is 5.91 Å². The van der Waals surface area contributed by atoms with E-state index in [1.165, 1.54) is 0 Å². The monoisotopic (exact) mass is 294 g/mol. The van der Waals surface area contributed by atoms with Crippen LogP contribution in [0.15, 0.2) is 66.8 Å². The number of carbonyl (C=O) groups is 2. The normalized spacial score (nSPS) is 22.8. The van der Waals surface area contributed by atoms with E-state index < -0.39 is 0 Å². The van der Waals surface area contributed by atoms with Crippen LogP contribution >= 0.6 is 0 Å². The maximum Gasteiger partial charge on any atom is 0.324 e. The number of rotatable bonds is 1. The average molecular weight is 294 g/mol. The number of nitrogens with zero attached hydrogens (tertiary/aromatic N) is 1. The Balaban J connectivity index is 1.65. The molecule has 1 aliphatic carbocycles. The minimum absolute atomic E-state index is 0.265. The molecule has 3 amide bonds. The van der Waals surface area contributed by atoms with Crippen molar-refractivity contribution in [1.82, 2.24) is 10.2 Å². The van der Waals surface area contributed by atoms with E-state index >= 15 is 0 Å². The lowest BCUT2D eigenvalue weighted by Gasteiger charge is -2.26. The molecular formula is C18H18N2O2. The third-order valence-electron chi connectivity index (χ3n) is 3.96. The fraction of sp³-hybridized carbons (Fsp3) is 0.222. The summed E-state index contributed by atoms with van der Waals surface area (Å²) in [7, 11) is 0. The van der Waals surface area contributed by atoms with Crippen molar-refractivity contribution < 1.29 is 9.59 Å². The first-order chi connectivity index (χ1) is 10.7. The highest BCUT2D eigenvalue weighted by molar-refractivity contribution is 6.04. The molecule has 4 nitrogen and oxygen atoms in total. The van der Waals surface area contributed by atoms with Crippen LogP contribution in [0.2, 0.25) is 0 Å². The number of allylic oxidation sites excluding steroid dienone is 4. The molecule has 0 saturated heterocycles. The Morgan fingerprint density at radius 2 is 1.82 bits per heavy atom. The van der Waals surface area contributed by atoms with Crippen LogP contribution in [-0.4, -0.2) is 29.9 Å². The molecule has 3 rings (SSSR count). The zero-order chi connectivity index (χ0) is 15.4. The Morgan fingerprint density at radius 1 is 1.05 bits per heavy atom. The van der Waals surface area contributed by atoms with Gasteiger partial charge in [0.05, 0.1) is 0 Å². The summed E-state index contributed by atoms with van der Waals surface area (Å²) in [5.74, 6) is 0.225. The maximum absolute atomic E-state index is 12.3. The van der Waals surface area contributed by atoms with E-state index in [2.05, 4.69) is 23.5 Å². The quantitative estimate of drug-likeness (QED) is 0.810. The smallest absolute Gasteiger partial charge is 0.320 e. The fourth-order valence-electron chi connectivity index (χ4n) is 2.74. The second kappa shape index (κ2) is 6.43. The van der Waals surface area contributed by atoms with Crippen LogP contribution in [0.3, 0.4) is 0 Å². The molecule has 112 valence electrons. The summed E-state index contributed by atoms with van der Waals surface area (Å²) in [6.45, 7) is 1.12. The molecule has 0 bridgehead atoms. The SMILES string of the molecule is O=C(NC(=O)N1CC=CC2C=CC=CC2C1)c1ccccc1. The number of hydrogen-bond donors (Lipinski definition) is 1. The molecule has 1 aromatic rings. The van der Waals surface area contributed by atoms with Crippen LogP contribution in [0.5, 0.6) is 0 Å². The predicted octanol–water partition coefficient (Wildman–Crippen LogP) is 2.77. The van der Waals surface area contributed by atoms with Gasteiger partial charge in [-0.05, 0) is 12.1 Å². The molecule has 0 spiro atoms. The largest absolute Gasteiger partial charge is 0.324 e. The molecule has 0 saturated carbocycles. The van der Waals surface area contributed by atoms with Crippen LogP contribution in [0.1, 0.15) is 10.4 Å². The van der Waals surface area contributed by atoms with Gasteiger partial charge in [0.1, 0.15) is 0 Å². The van der Waals surface area contributed by atoms with Crippen molar-refractivity contribution in [3.8, 4) is 0 Å². The van der Waals surface area contributed by atoms with Gasteiger partial charge >= 0.3 is 6.03 Å². The lowest BCUT2D eigenvalue weighted by atomic mass is 9.88. The summed E-state index contributed by atoms with van der Waals surface area (Å²) in [6.07, 6.45) is 12.4. The summed E-state index contributed by atoms with van der Waals surface area (Å²) in [5, 5.41) is 2.46. The van der Waals surface area contributed by atoms with Gasteiger partial charge < -0.3 is 4.90 Å². The number of fused-ring (bicyclic) bond motifs is 1. The van der Waals surface area contributed by atoms with Crippen molar-refractivity contribution in [2.45, 2.75) is 0 Å². The third-order valence-corrected chi connectivity index (χ3v) is 3.96. The van der Waals surface area contributed by atoms with Gasteiger partial charge in [-0.1, -0.05) is 54.7 Å². The molecule has 0 radical (unpaired) electrons. The summed E-state index contributed by atoms with van der Waals surface area (Å²) in [6, 6.07) is 8.42. The van der Waals surface area contributed by atoms with E-state index in [4.69, 9.17) is 0 Å². The number of amides is 3. The second-order valence-electron chi connectivity index (χ2n) is 5.47. The van der Waals surface area contributed by atoms with Crippen LogP contribution in [-0.2, 0) is 0 Å². The van der Waals surface area contributed by atoms with E-state index in [0.717, 1.165) is 0 Å². The van der Waals surface area contributed by atoms with Gasteiger partial charge in [0.15, 0.2) is 0 Å². The van der Waals surface area contributed by atoms with Crippen LogP contribution in [0.4, 0.5) is 4.79 Å². The third kappa shape index (κ3) is 3.17. The van der Waals surface area contributed by atoms with Crippen molar-refractivity contribution in [2.24, 2.45) is 11.8 Å². The predicted molar refractivity (Wildman–Crippen MR) is 85.3 cm³/mol. The Labute approximate surface area is 129 Å². The zero-order valence-electron chi connectivity index (χ0n) is 12.2. The molecule has 2 unspecified atom stereocenters. The highest BCUT2D eigenvalue weighted by Crippen LogP contribution is 2.24. The molecular weight excluding hydrogens is 276 g/mol. The number of carbonyl (C=O) groups excluding carboxylic acids is 2. The maximum atomic E-state index is 12.3. The number of imide groups is 1. The second-order valence-corrected chi connectivity index (χ2v) is 5.47. The highest BCUT2D eigenvalue weighted by Gasteiger charge is 2.25. The molecule has 0 aromatic heterocycles. The standard InChI is InChI=1S/C18H18N2O2/c21-17(15-8-2-1-3-9-15)19-18(22)20-12-6-11-14-7-4-5-10-16(14)13-20/h1-11,14,16H,12-13H2,(H,19,21,22). The summed E-state index contributed by atoms with van der Waals surface area (Å²) >= 11 is 0. The van der Waals surface area contributed by atoms with Crippen molar-refractivity contribution >= 4 is 11.9 Å². The van der Waals surface area contributed by atoms with Gasteiger partial charge in [-0.25, -0.2) is 4.79 Å². The molecule has 22 heavy (non-hydrogen) atoms. The van der Waals surface area contributed by atoms with Gasteiger partial charge in [0, 0.05) is 30.5 Å². The van der Waals surface area contributed by atoms with Crippen LogP contribution in [0.25, 0.3) is 0 Å². The molecule has 1 N–H and O–H groups in total. The van der Waals surface area contributed by atoms with E-state index in [-0.39, 0.29) is 17.9 Å². The van der Waals surface area contributed by atoms with E-state index in [0.29, 0.717) is 24.6 Å². The Bertz CT molecular complexity index is 646. The lowest BCUT2D eigenvalue weighted by Crippen LogP contribution is -2.44. The topological polar surface area (TPSA) is 49.4 Å². The van der Waals surface area contributed by atoms with Gasteiger partial charge in [0.2, 0.25) is 0 Å². The van der Waals surface area contributed by atoms with Gasteiger partial charge in [-0.3, -0.25) is 10.1 Å². The number of nitrogens with one attached hydrogen (secondary N) is 1. The molecule has 1 heterocycles. The van der Waals surface area contributed by atoms with E-state index in [1.807, 2.05) is 24.3 Å². The molecule has 2 atom stereocenters. The van der Waals surface area contributed by atoms with Crippen molar-refractivity contribution in [3.05, 3.63) is 72.4 Å². The molecule has 0 fully saturated rings. The van der Waals surface area contributed by atoms with Crippen LogP contribution in [0, 0.1) is 11.8 Å². The average Bonchev–Trinajstić information content (AvgIpc) is 2.78. The Hall–Kier alpha value is -2.62. The molecule has 2 aliphatic rings. The van der Waals surface area contributed by atoms with Gasteiger partial charge in [-0.15, -0.1) is 0 Å². The summed E-state index contributed by atoms with van der Waals surface area (Å²) < 4.78 is 0. The van der Waals surface area contributed by atoms with Crippen molar-refractivity contribution in [2.75, 3.05) is 13.1 Å². The first-order valence-electron chi connectivity index (χ1n) is 7.41. The highest BCUT2D eigenvalue weighted by atomic mass is 16.2. The van der Waals surface area contributed by atoms with E-state index in [9.17, 15) is 9.59 Å². The Morgan fingerprint density at radius 3 is 2.64 bits per heavy atom. The van der Waals surface area contributed by atoms with Crippen LogP contribution < -0.4 is 5.32 Å². The summed E-state index contributed by atoms with van der Waals surface area (Å²) in [5.41, 5.74) is 0.486. The van der Waals surface area contributed by atoms with Crippen molar-refractivity contribution in [1.29, 1.82) is 0 Å². The lowest BCUT2D eigenvalue weighted by molar-refractivity contribution is 0.0952. The molecule has 4 heteroatoms.